The number of thiophene rings is 1. The van der Waals surface area contributed by atoms with Gasteiger partial charge >= 0.3 is 0 Å². The molecule has 0 radical (unpaired) electrons. The first-order valence-corrected chi connectivity index (χ1v) is 5.62. The molecule has 1 aromatic rings. The van der Waals surface area contributed by atoms with Crippen LogP contribution in [0, 0.1) is 19.8 Å². The Morgan fingerprint density at radius 3 is 2.69 bits per heavy atom. The van der Waals surface area contributed by atoms with E-state index in [2.05, 4.69) is 33.4 Å². The molecule has 0 aliphatic rings. The molecule has 0 saturated heterocycles. The minimum atomic E-state index is 0.727. The molecule has 1 heterocycles. The molecule has 0 aliphatic carbocycles. The number of aryl methyl sites for hydroxylation is 2. The van der Waals surface area contributed by atoms with Crippen LogP contribution in [-0.2, 0) is 6.42 Å². The second kappa shape index (κ2) is 4.61. The Kier molecular flexibility index (Phi) is 3.73. The molecule has 0 fully saturated rings. The van der Waals surface area contributed by atoms with Gasteiger partial charge in [-0.1, -0.05) is 13.0 Å². The van der Waals surface area contributed by atoms with E-state index in [9.17, 15) is 0 Å². The summed E-state index contributed by atoms with van der Waals surface area (Å²) in [5.74, 6) is 0.727. The summed E-state index contributed by atoms with van der Waals surface area (Å²) in [7, 11) is 0. The quantitative estimate of drug-likeness (QED) is 0.632. The first kappa shape index (κ1) is 10.5. The van der Waals surface area contributed by atoms with Gasteiger partial charge in [-0.15, -0.1) is 17.9 Å². The molecule has 0 nitrogen and oxygen atoms in total. The van der Waals surface area contributed by atoms with E-state index in [0.29, 0.717) is 0 Å². The molecule has 1 heteroatoms. The summed E-state index contributed by atoms with van der Waals surface area (Å²) in [6.07, 6.45) is 4.33. The van der Waals surface area contributed by atoms with Crippen molar-refractivity contribution in [3.05, 3.63) is 34.0 Å². The van der Waals surface area contributed by atoms with Gasteiger partial charge in [0.1, 0.15) is 0 Å². The monoisotopic (exact) mass is 194 g/mol. The molecular weight excluding hydrogens is 176 g/mol. The van der Waals surface area contributed by atoms with Crippen molar-refractivity contribution >= 4 is 11.3 Å². The largest absolute Gasteiger partial charge is 0.146 e. The van der Waals surface area contributed by atoms with Gasteiger partial charge in [-0.05, 0) is 44.2 Å². The summed E-state index contributed by atoms with van der Waals surface area (Å²) < 4.78 is 0. The van der Waals surface area contributed by atoms with Gasteiger partial charge in [-0.25, -0.2) is 0 Å². The van der Waals surface area contributed by atoms with Gasteiger partial charge in [0.2, 0.25) is 0 Å². The zero-order valence-electron chi connectivity index (χ0n) is 8.76. The van der Waals surface area contributed by atoms with Crippen molar-refractivity contribution in [3.63, 3.8) is 0 Å². The zero-order valence-corrected chi connectivity index (χ0v) is 9.58. The Morgan fingerprint density at radius 2 is 2.23 bits per heavy atom. The highest BCUT2D eigenvalue weighted by Crippen LogP contribution is 2.24. The van der Waals surface area contributed by atoms with Crippen molar-refractivity contribution in [1.29, 1.82) is 0 Å². The standard InChI is InChI=1S/C12H18S/c1-5-6-9(2)7-12-8-10(3)13-11(12)4/h5,8-9H,1,6-7H2,2-4H3. The van der Waals surface area contributed by atoms with Gasteiger partial charge in [-0.2, -0.15) is 0 Å². The summed E-state index contributed by atoms with van der Waals surface area (Å²) in [4.78, 5) is 2.91. The summed E-state index contributed by atoms with van der Waals surface area (Å²) in [6.45, 7) is 10.5. The third-order valence-electron chi connectivity index (χ3n) is 2.28. The Morgan fingerprint density at radius 1 is 1.54 bits per heavy atom. The lowest BCUT2D eigenvalue weighted by Crippen LogP contribution is -1.97. The average molecular weight is 194 g/mol. The normalized spacial score (nSPS) is 12.8. The van der Waals surface area contributed by atoms with Crippen molar-refractivity contribution in [2.45, 2.75) is 33.6 Å². The maximum atomic E-state index is 3.77. The van der Waals surface area contributed by atoms with Crippen molar-refractivity contribution in [1.82, 2.24) is 0 Å². The highest BCUT2D eigenvalue weighted by molar-refractivity contribution is 7.12. The van der Waals surface area contributed by atoms with Crippen LogP contribution in [0.5, 0.6) is 0 Å². The fraction of sp³-hybridized carbons (Fsp3) is 0.500. The van der Waals surface area contributed by atoms with Crippen LogP contribution in [0.2, 0.25) is 0 Å². The van der Waals surface area contributed by atoms with E-state index >= 15 is 0 Å². The molecule has 1 atom stereocenters. The van der Waals surface area contributed by atoms with E-state index in [-0.39, 0.29) is 0 Å². The van der Waals surface area contributed by atoms with E-state index in [4.69, 9.17) is 0 Å². The van der Waals surface area contributed by atoms with Gasteiger partial charge < -0.3 is 0 Å². The number of hydrogen-bond donors (Lipinski definition) is 0. The van der Waals surface area contributed by atoms with Gasteiger partial charge in [0.25, 0.3) is 0 Å². The molecule has 0 aliphatic heterocycles. The molecule has 0 N–H and O–H groups in total. The smallest absolute Gasteiger partial charge is 0.00491 e. The fourth-order valence-corrected chi connectivity index (χ4v) is 2.59. The van der Waals surface area contributed by atoms with Crippen LogP contribution >= 0.6 is 11.3 Å². The van der Waals surface area contributed by atoms with Crippen molar-refractivity contribution in [2.75, 3.05) is 0 Å². The molecule has 1 aromatic heterocycles. The molecular formula is C12H18S. The van der Waals surface area contributed by atoms with Gasteiger partial charge in [0, 0.05) is 9.75 Å². The van der Waals surface area contributed by atoms with Crippen molar-refractivity contribution in [2.24, 2.45) is 5.92 Å². The predicted octanol–water partition coefficient (Wildman–Crippen LogP) is 4.12. The molecule has 1 rings (SSSR count). The molecule has 0 aromatic carbocycles. The fourth-order valence-electron chi connectivity index (χ4n) is 1.63. The summed E-state index contributed by atoms with van der Waals surface area (Å²) in [6, 6.07) is 2.32. The Labute approximate surface area is 85.3 Å². The second-order valence-electron chi connectivity index (χ2n) is 3.77. The summed E-state index contributed by atoms with van der Waals surface area (Å²) >= 11 is 1.90. The van der Waals surface area contributed by atoms with E-state index < -0.39 is 0 Å². The predicted molar refractivity (Wildman–Crippen MR) is 61.5 cm³/mol. The molecule has 72 valence electrons. The van der Waals surface area contributed by atoms with E-state index in [1.807, 2.05) is 17.4 Å². The van der Waals surface area contributed by atoms with Crippen LogP contribution in [0.25, 0.3) is 0 Å². The molecule has 13 heavy (non-hydrogen) atoms. The molecule has 1 unspecified atom stereocenters. The second-order valence-corrected chi connectivity index (χ2v) is 5.23. The average Bonchev–Trinajstić information content (AvgIpc) is 2.30. The van der Waals surface area contributed by atoms with E-state index in [1.54, 1.807) is 0 Å². The number of rotatable bonds is 4. The van der Waals surface area contributed by atoms with Gasteiger partial charge in [-0.3, -0.25) is 0 Å². The Bertz CT molecular complexity index is 283. The summed E-state index contributed by atoms with van der Waals surface area (Å²) in [5.41, 5.74) is 1.52. The SMILES string of the molecule is C=CCC(C)Cc1cc(C)sc1C. The van der Waals surface area contributed by atoms with Crippen LogP contribution in [0.3, 0.4) is 0 Å². The lowest BCUT2D eigenvalue weighted by Gasteiger charge is -2.07. The van der Waals surface area contributed by atoms with Crippen LogP contribution < -0.4 is 0 Å². The molecule has 0 bridgehead atoms. The minimum absolute atomic E-state index is 0.727. The van der Waals surface area contributed by atoms with E-state index in [1.165, 1.54) is 21.7 Å². The van der Waals surface area contributed by atoms with Crippen LogP contribution in [0.4, 0.5) is 0 Å². The lowest BCUT2D eigenvalue weighted by molar-refractivity contribution is 0.590. The number of allylic oxidation sites excluding steroid dienone is 1. The third kappa shape index (κ3) is 3.00. The maximum absolute atomic E-state index is 3.77. The Hall–Kier alpha value is -0.560. The first-order valence-electron chi connectivity index (χ1n) is 4.80. The van der Waals surface area contributed by atoms with Gasteiger partial charge in [0.15, 0.2) is 0 Å². The van der Waals surface area contributed by atoms with E-state index in [0.717, 1.165) is 12.3 Å². The summed E-state index contributed by atoms with van der Waals surface area (Å²) in [5, 5.41) is 0. The maximum Gasteiger partial charge on any atom is 0.00491 e. The van der Waals surface area contributed by atoms with Crippen LogP contribution in [-0.4, -0.2) is 0 Å². The lowest BCUT2D eigenvalue weighted by atomic mass is 9.98. The molecule has 0 amide bonds. The van der Waals surface area contributed by atoms with Gasteiger partial charge in [0.05, 0.1) is 0 Å². The Balaban J connectivity index is 2.62. The van der Waals surface area contributed by atoms with Crippen LogP contribution in [0.1, 0.15) is 28.7 Å². The first-order chi connectivity index (χ1) is 6.13. The van der Waals surface area contributed by atoms with Crippen LogP contribution in [0.15, 0.2) is 18.7 Å². The topological polar surface area (TPSA) is 0 Å². The van der Waals surface area contributed by atoms with Crippen molar-refractivity contribution in [3.8, 4) is 0 Å². The minimum Gasteiger partial charge on any atom is -0.146 e. The van der Waals surface area contributed by atoms with Crippen molar-refractivity contribution < 1.29 is 0 Å². The molecule has 0 saturated carbocycles. The zero-order chi connectivity index (χ0) is 9.84. The highest BCUT2D eigenvalue weighted by atomic mass is 32.1. The number of hydrogen-bond acceptors (Lipinski definition) is 1. The third-order valence-corrected chi connectivity index (χ3v) is 3.29. The molecule has 0 spiro atoms. The highest BCUT2D eigenvalue weighted by Gasteiger charge is 2.06.